The fraction of sp³-hybridized carbons (Fsp3) is 0.222. The highest BCUT2D eigenvalue weighted by atomic mass is 127. The van der Waals surface area contributed by atoms with Crippen molar-refractivity contribution in [3.05, 3.63) is 29.8 Å². The number of hydrogen-bond acceptors (Lipinski definition) is 3. The summed E-state index contributed by atoms with van der Waals surface area (Å²) in [5.74, 6) is -0.705. The third kappa shape index (κ3) is 3.57. The zero-order valence-corrected chi connectivity index (χ0v) is 14.4. The summed E-state index contributed by atoms with van der Waals surface area (Å²) in [7, 11) is 0. The van der Waals surface area contributed by atoms with Gasteiger partial charge in [-0.05, 0) is 40.3 Å². The molecule has 0 aliphatic carbocycles. The molecule has 0 radical (unpaired) electrons. The standard InChI is InChI=1S/C9H8I3NO3/c10-9(8(15)16,13(11)12)5-6-1-3-7(14)4-2-6/h1-4,14H,5H2,(H,15,16)/t9-/m0/s1. The van der Waals surface area contributed by atoms with Gasteiger partial charge in [0.1, 0.15) is 5.75 Å². The lowest BCUT2D eigenvalue weighted by atomic mass is 10.1. The minimum atomic E-state index is -0.990. The van der Waals surface area contributed by atoms with Crippen LogP contribution in [0.15, 0.2) is 24.3 Å². The third-order valence-electron chi connectivity index (χ3n) is 1.97. The molecule has 4 nitrogen and oxygen atoms in total. The van der Waals surface area contributed by atoms with E-state index in [1.165, 1.54) is 0 Å². The van der Waals surface area contributed by atoms with Crippen molar-refractivity contribution in [2.24, 2.45) is 0 Å². The number of phenolic OH excluding ortho intramolecular Hbond substituents is 1. The molecule has 1 aromatic rings. The van der Waals surface area contributed by atoms with Gasteiger partial charge in [0.15, 0.2) is 3.55 Å². The smallest absolute Gasteiger partial charge is 0.336 e. The lowest BCUT2D eigenvalue weighted by Crippen LogP contribution is -2.41. The zero-order chi connectivity index (χ0) is 12.3. The van der Waals surface area contributed by atoms with Gasteiger partial charge in [-0.25, -0.2) is 4.79 Å². The Morgan fingerprint density at radius 1 is 1.31 bits per heavy atom. The van der Waals surface area contributed by atoms with Crippen LogP contribution in [-0.2, 0) is 11.2 Å². The maximum absolute atomic E-state index is 11.2. The van der Waals surface area contributed by atoms with Gasteiger partial charge in [-0.1, -0.05) is 12.1 Å². The molecule has 0 spiro atoms. The molecule has 0 fully saturated rings. The Morgan fingerprint density at radius 3 is 2.19 bits per heavy atom. The molecular weight excluding hydrogens is 551 g/mol. The first-order valence-electron chi connectivity index (χ1n) is 4.18. The topological polar surface area (TPSA) is 60.8 Å². The Balaban J connectivity index is 2.93. The number of benzene rings is 1. The van der Waals surface area contributed by atoms with E-state index in [-0.39, 0.29) is 5.75 Å². The van der Waals surface area contributed by atoms with Crippen LogP contribution in [0.2, 0.25) is 0 Å². The molecule has 0 bridgehead atoms. The second-order valence-corrected chi connectivity index (χ2v) is 8.70. The number of carboxylic acid groups (broad SMARTS) is 1. The van der Waals surface area contributed by atoms with Crippen LogP contribution >= 0.6 is 68.3 Å². The van der Waals surface area contributed by atoms with Gasteiger partial charge in [-0.3, -0.25) is 0 Å². The minimum Gasteiger partial charge on any atom is -0.508 e. The second kappa shape index (κ2) is 6.00. The highest BCUT2D eigenvalue weighted by Crippen LogP contribution is 2.35. The maximum atomic E-state index is 11.2. The number of hydrogen-bond donors (Lipinski definition) is 2. The number of aromatic hydroxyl groups is 1. The molecular formula is C9H8I3NO3. The van der Waals surface area contributed by atoms with E-state index in [0.717, 1.165) is 5.56 Å². The number of phenols is 1. The van der Waals surface area contributed by atoms with Crippen LogP contribution in [-0.4, -0.2) is 21.1 Å². The first-order chi connectivity index (χ1) is 7.36. The van der Waals surface area contributed by atoms with Gasteiger partial charge in [-0.2, -0.15) is 1.33 Å². The van der Waals surface area contributed by atoms with E-state index in [2.05, 4.69) is 0 Å². The quantitative estimate of drug-likeness (QED) is 0.258. The van der Waals surface area contributed by atoms with E-state index >= 15 is 0 Å². The van der Waals surface area contributed by atoms with Gasteiger partial charge in [0, 0.05) is 52.1 Å². The molecule has 7 heteroatoms. The van der Waals surface area contributed by atoms with E-state index in [4.69, 9.17) is 5.11 Å². The molecule has 1 aromatic carbocycles. The van der Waals surface area contributed by atoms with Crippen LogP contribution in [0.4, 0.5) is 0 Å². The molecule has 16 heavy (non-hydrogen) atoms. The fourth-order valence-electron chi connectivity index (χ4n) is 1.09. The Hall–Kier alpha value is 0.640. The molecule has 0 aliphatic heterocycles. The van der Waals surface area contributed by atoms with E-state index in [0.29, 0.717) is 6.42 Å². The highest BCUT2D eigenvalue weighted by molar-refractivity contribution is 14.2. The summed E-state index contributed by atoms with van der Waals surface area (Å²) >= 11 is 5.82. The SMILES string of the molecule is O=C(O)[C@](I)(Cc1ccc(O)cc1)N(I)I. The van der Waals surface area contributed by atoms with Gasteiger partial charge >= 0.3 is 5.97 Å². The first kappa shape index (κ1) is 14.7. The van der Waals surface area contributed by atoms with Gasteiger partial charge in [0.05, 0.1) is 0 Å². The van der Waals surface area contributed by atoms with E-state index < -0.39 is 9.51 Å². The van der Waals surface area contributed by atoms with Crippen molar-refractivity contribution in [3.8, 4) is 5.75 Å². The number of halogens is 3. The van der Waals surface area contributed by atoms with Crippen LogP contribution in [0, 0.1) is 0 Å². The third-order valence-corrected chi connectivity index (χ3v) is 6.79. The summed E-state index contributed by atoms with van der Waals surface area (Å²) in [6, 6.07) is 6.56. The van der Waals surface area contributed by atoms with E-state index in [9.17, 15) is 9.90 Å². The van der Waals surface area contributed by atoms with E-state index in [1.807, 2.05) is 68.3 Å². The van der Waals surface area contributed by atoms with Crippen molar-refractivity contribution in [1.29, 1.82) is 0 Å². The molecule has 88 valence electrons. The number of carboxylic acids is 1. The van der Waals surface area contributed by atoms with Crippen LogP contribution in [0.25, 0.3) is 0 Å². The van der Waals surface area contributed by atoms with Crippen molar-refractivity contribution in [3.63, 3.8) is 0 Å². The van der Waals surface area contributed by atoms with Crippen molar-refractivity contribution in [2.45, 2.75) is 9.97 Å². The minimum absolute atomic E-state index is 0.180. The Labute approximate surface area is 135 Å². The monoisotopic (exact) mass is 559 g/mol. The summed E-state index contributed by atoms with van der Waals surface area (Å²) < 4.78 is 0.619. The molecule has 0 aliphatic rings. The molecule has 0 heterocycles. The molecule has 0 saturated carbocycles. The van der Waals surface area contributed by atoms with Crippen molar-refractivity contribution >= 4 is 74.3 Å². The van der Waals surface area contributed by atoms with E-state index in [1.54, 1.807) is 25.6 Å². The average molecular weight is 559 g/mol. The van der Waals surface area contributed by atoms with Crippen molar-refractivity contribution in [2.75, 3.05) is 0 Å². The fourth-order valence-corrected chi connectivity index (χ4v) is 2.29. The molecule has 1 atom stereocenters. The summed E-state index contributed by atoms with van der Waals surface area (Å²) in [5.41, 5.74) is 0.868. The number of nitrogens with zero attached hydrogens (tertiary/aromatic N) is 1. The van der Waals surface area contributed by atoms with Crippen molar-refractivity contribution < 1.29 is 15.0 Å². The highest BCUT2D eigenvalue weighted by Gasteiger charge is 2.40. The lowest BCUT2D eigenvalue weighted by Gasteiger charge is -2.26. The molecule has 0 unspecified atom stereocenters. The molecule has 0 saturated heterocycles. The summed E-state index contributed by atoms with van der Waals surface area (Å²) in [6.45, 7) is 0. The van der Waals surface area contributed by atoms with Gasteiger partial charge in [-0.15, -0.1) is 0 Å². The number of aliphatic carboxylic acids is 1. The normalized spacial score (nSPS) is 14.8. The Morgan fingerprint density at radius 2 is 1.81 bits per heavy atom. The van der Waals surface area contributed by atoms with Crippen LogP contribution in [0.5, 0.6) is 5.75 Å². The molecule has 0 aromatic heterocycles. The average Bonchev–Trinajstić information content (AvgIpc) is 2.20. The predicted molar refractivity (Wildman–Crippen MR) is 86.1 cm³/mol. The largest absolute Gasteiger partial charge is 0.508 e. The molecule has 1 rings (SSSR count). The summed E-state index contributed by atoms with van der Waals surface area (Å²) in [5, 5.41) is 18.4. The van der Waals surface area contributed by atoms with Gasteiger partial charge < -0.3 is 10.2 Å². The summed E-state index contributed by atoms with van der Waals surface area (Å²) in [4.78, 5) is 11.2. The zero-order valence-electron chi connectivity index (χ0n) is 7.90. The summed E-state index contributed by atoms with van der Waals surface area (Å²) in [6.07, 6.45) is 0.370. The van der Waals surface area contributed by atoms with Crippen LogP contribution in [0.1, 0.15) is 5.56 Å². The number of alkyl halides is 1. The van der Waals surface area contributed by atoms with Crippen molar-refractivity contribution in [1.82, 2.24) is 1.33 Å². The predicted octanol–water partition coefficient (Wildman–Crippen LogP) is 3.15. The van der Waals surface area contributed by atoms with Crippen LogP contribution in [0.3, 0.4) is 0 Å². The van der Waals surface area contributed by atoms with Gasteiger partial charge in [0.2, 0.25) is 0 Å². The van der Waals surface area contributed by atoms with Gasteiger partial charge in [0.25, 0.3) is 0 Å². The molecule has 2 N–H and O–H groups in total. The second-order valence-electron chi connectivity index (χ2n) is 3.14. The van der Waals surface area contributed by atoms with Crippen LogP contribution < -0.4 is 0 Å². The Bertz CT molecular complexity index is 382. The number of rotatable bonds is 4. The number of carbonyl (C=O) groups is 1. The Kier molecular flexibility index (Phi) is 5.51. The first-order valence-corrected chi connectivity index (χ1v) is 7.19. The maximum Gasteiger partial charge on any atom is 0.336 e. The lowest BCUT2D eigenvalue weighted by molar-refractivity contribution is -0.140. The molecule has 0 amide bonds.